The summed E-state index contributed by atoms with van der Waals surface area (Å²) in [6.45, 7) is 12.7. The summed E-state index contributed by atoms with van der Waals surface area (Å²) in [4.78, 5) is 2.45. The van der Waals surface area contributed by atoms with Gasteiger partial charge in [-0.3, -0.25) is 0 Å². The van der Waals surface area contributed by atoms with E-state index in [0.717, 1.165) is 12.5 Å². The summed E-state index contributed by atoms with van der Waals surface area (Å²) >= 11 is 0. The molecule has 0 radical (unpaired) electrons. The Kier molecular flexibility index (Phi) is 3.96. The summed E-state index contributed by atoms with van der Waals surface area (Å²) in [6.07, 6.45) is 1.41. The second-order valence-corrected chi connectivity index (χ2v) is 5.76. The Morgan fingerprint density at radius 2 is 2.00 bits per heavy atom. The number of nitrogens with one attached hydrogen (secondary N) is 1. The molecule has 0 aromatic heterocycles. The van der Waals surface area contributed by atoms with E-state index in [2.05, 4.69) is 45.0 Å². The zero-order valence-electron chi connectivity index (χ0n) is 10.4. The first kappa shape index (κ1) is 12.0. The highest BCUT2D eigenvalue weighted by Crippen LogP contribution is 2.51. The Hall–Kier alpha value is -0.0800. The van der Waals surface area contributed by atoms with Crippen molar-refractivity contribution < 1.29 is 0 Å². The van der Waals surface area contributed by atoms with Gasteiger partial charge >= 0.3 is 0 Å². The van der Waals surface area contributed by atoms with Gasteiger partial charge in [0, 0.05) is 25.7 Å². The molecule has 1 N–H and O–H groups in total. The van der Waals surface area contributed by atoms with Gasteiger partial charge in [0.2, 0.25) is 0 Å². The van der Waals surface area contributed by atoms with Gasteiger partial charge in [-0.25, -0.2) is 0 Å². The summed E-state index contributed by atoms with van der Waals surface area (Å²) < 4.78 is 0. The molecule has 0 aromatic carbocycles. The fourth-order valence-corrected chi connectivity index (χ4v) is 1.90. The van der Waals surface area contributed by atoms with E-state index in [0.29, 0.717) is 11.5 Å². The third kappa shape index (κ3) is 3.97. The Balaban J connectivity index is 2.03. The summed E-state index contributed by atoms with van der Waals surface area (Å²) in [6, 6.07) is 0.612. The van der Waals surface area contributed by atoms with Crippen LogP contribution < -0.4 is 5.32 Å². The van der Waals surface area contributed by atoms with E-state index in [4.69, 9.17) is 0 Å². The van der Waals surface area contributed by atoms with Crippen LogP contribution in [0.15, 0.2) is 0 Å². The lowest BCUT2D eigenvalue weighted by Crippen LogP contribution is -2.34. The predicted octanol–water partition coefficient (Wildman–Crippen LogP) is 1.96. The molecule has 1 saturated carbocycles. The highest BCUT2D eigenvalue weighted by molar-refractivity contribution is 4.96. The summed E-state index contributed by atoms with van der Waals surface area (Å²) in [5.74, 6) is 0.937. The summed E-state index contributed by atoms with van der Waals surface area (Å²) in [5, 5.41) is 3.45. The molecule has 2 heteroatoms. The predicted molar refractivity (Wildman–Crippen MR) is 62.5 cm³/mol. The average molecular weight is 198 g/mol. The maximum atomic E-state index is 3.45. The van der Waals surface area contributed by atoms with Crippen molar-refractivity contribution in [2.45, 2.75) is 40.2 Å². The topological polar surface area (TPSA) is 15.3 Å². The Bertz CT molecular complexity index is 175. The van der Waals surface area contributed by atoms with Gasteiger partial charge in [-0.15, -0.1) is 0 Å². The molecule has 1 aliphatic rings. The molecule has 0 amide bonds. The summed E-state index contributed by atoms with van der Waals surface area (Å²) in [7, 11) is 2.23. The minimum Gasteiger partial charge on any atom is -0.313 e. The van der Waals surface area contributed by atoms with Crippen LogP contribution in [-0.4, -0.2) is 37.6 Å². The van der Waals surface area contributed by atoms with Gasteiger partial charge in [-0.2, -0.15) is 0 Å². The molecule has 1 aliphatic carbocycles. The molecule has 1 rings (SSSR count). The van der Waals surface area contributed by atoms with Gasteiger partial charge in [0.1, 0.15) is 0 Å². The maximum absolute atomic E-state index is 3.45. The Labute approximate surface area is 89.1 Å². The van der Waals surface area contributed by atoms with Crippen molar-refractivity contribution in [1.82, 2.24) is 10.2 Å². The molecular weight excluding hydrogens is 172 g/mol. The van der Waals surface area contributed by atoms with Crippen molar-refractivity contribution in [3.05, 3.63) is 0 Å². The molecule has 84 valence electrons. The zero-order chi connectivity index (χ0) is 10.8. The lowest BCUT2D eigenvalue weighted by atomic mass is 10.1. The van der Waals surface area contributed by atoms with Gasteiger partial charge in [0.15, 0.2) is 0 Å². The van der Waals surface area contributed by atoms with Gasteiger partial charge in [-0.1, -0.05) is 27.7 Å². The molecule has 1 atom stereocenters. The van der Waals surface area contributed by atoms with Crippen molar-refractivity contribution >= 4 is 0 Å². The largest absolute Gasteiger partial charge is 0.313 e. The van der Waals surface area contributed by atoms with Gasteiger partial charge in [-0.05, 0) is 24.8 Å². The van der Waals surface area contributed by atoms with Crippen LogP contribution in [-0.2, 0) is 0 Å². The second kappa shape index (κ2) is 4.63. The first-order valence-corrected chi connectivity index (χ1v) is 5.84. The molecule has 0 aliphatic heterocycles. The van der Waals surface area contributed by atoms with Crippen LogP contribution in [0, 0.1) is 11.3 Å². The number of rotatable bonds is 6. The van der Waals surface area contributed by atoms with Crippen LogP contribution in [0.4, 0.5) is 0 Å². The third-order valence-corrected chi connectivity index (χ3v) is 3.30. The van der Waals surface area contributed by atoms with Gasteiger partial charge in [0.05, 0.1) is 0 Å². The van der Waals surface area contributed by atoms with Crippen LogP contribution in [0.5, 0.6) is 0 Å². The lowest BCUT2D eigenvalue weighted by molar-refractivity contribution is 0.298. The fraction of sp³-hybridized carbons (Fsp3) is 1.00. The molecule has 0 aromatic rings. The number of likely N-dealkylation sites (N-methyl/N-ethyl adjacent to an activating group) is 1. The third-order valence-electron chi connectivity index (χ3n) is 3.30. The van der Waals surface area contributed by atoms with Crippen LogP contribution in [0.2, 0.25) is 0 Å². The normalized spacial score (nSPS) is 24.6. The van der Waals surface area contributed by atoms with Crippen LogP contribution in [0.3, 0.4) is 0 Å². The van der Waals surface area contributed by atoms with Gasteiger partial charge < -0.3 is 10.2 Å². The van der Waals surface area contributed by atoms with Crippen LogP contribution in [0.1, 0.15) is 34.1 Å². The molecular formula is C12H26N2. The molecule has 0 bridgehead atoms. The van der Waals surface area contributed by atoms with Gasteiger partial charge in [0.25, 0.3) is 0 Å². The average Bonchev–Trinajstić information content (AvgIpc) is 2.57. The van der Waals surface area contributed by atoms with Crippen LogP contribution in [0.25, 0.3) is 0 Å². The molecule has 2 nitrogen and oxygen atoms in total. The van der Waals surface area contributed by atoms with Crippen molar-refractivity contribution in [3.63, 3.8) is 0 Å². The minimum absolute atomic E-state index is 0.612. The number of hydrogen-bond donors (Lipinski definition) is 1. The number of hydrogen-bond acceptors (Lipinski definition) is 2. The minimum atomic E-state index is 0.612. The zero-order valence-corrected chi connectivity index (χ0v) is 10.4. The molecule has 1 unspecified atom stereocenters. The van der Waals surface area contributed by atoms with Crippen molar-refractivity contribution in [2.24, 2.45) is 11.3 Å². The highest BCUT2D eigenvalue weighted by atomic mass is 15.1. The number of nitrogens with zero attached hydrogens (tertiary/aromatic N) is 1. The molecule has 1 fully saturated rings. The Morgan fingerprint density at radius 1 is 1.43 bits per heavy atom. The molecule has 0 heterocycles. The van der Waals surface area contributed by atoms with E-state index >= 15 is 0 Å². The fourth-order valence-electron chi connectivity index (χ4n) is 1.90. The molecule has 14 heavy (non-hydrogen) atoms. The monoisotopic (exact) mass is 198 g/mol. The molecule has 0 spiro atoms. The van der Waals surface area contributed by atoms with E-state index in [1.165, 1.54) is 19.5 Å². The first-order chi connectivity index (χ1) is 6.42. The highest BCUT2D eigenvalue weighted by Gasteiger charge is 2.45. The summed E-state index contributed by atoms with van der Waals surface area (Å²) in [5.41, 5.74) is 0.625. The van der Waals surface area contributed by atoms with E-state index in [9.17, 15) is 0 Å². The molecule has 0 saturated heterocycles. The lowest BCUT2D eigenvalue weighted by Gasteiger charge is -2.18. The Morgan fingerprint density at radius 3 is 2.43 bits per heavy atom. The standard InChI is InChI=1S/C12H26N2/c1-10(2)13-6-7-14(5)9-11-8-12(11,3)4/h10-11,13H,6-9H2,1-5H3. The maximum Gasteiger partial charge on any atom is 0.0104 e. The van der Waals surface area contributed by atoms with E-state index in [1.807, 2.05) is 0 Å². The quantitative estimate of drug-likeness (QED) is 0.702. The second-order valence-electron chi connectivity index (χ2n) is 5.76. The smallest absolute Gasteiger partial charge is 0.0104 e. The van der Waals surface area contributed by atoms with Crippen molar-refractivity contribution in [3.8, 4) is 0 Å². The van der Waals surface area contributed by atoms with Crippen molar-refractivity contribution in [1.29, 1.82) is 0 Å². The van der Waals surface area contributed by atoms with E-state index in [-0.39, 0.29) is 0 Å². The SMILES string of the molecule is CC(C)NCCN(C)CC1CC1(C)C. The van der Waals surface area contributed by atoms with E-state index < -0.39 is 0 Å². The van der Waals surface area contributed by atoms with Crippen LogP contribution >= 0.6 is 0 Å². The van der Waals surface area contributed by atoms with E-state index in [1.54, 1.807) is 0 Å². The van der Waals surface area contributed by atoms with Crippen molar-refractivity contribution in [2.75, 3.05) is 26.7 Å². The first-order valence-electron chi connectivity index (χ1n) is 5.84.